The summed E-state index contributed by atoms with van der Waals surface area (Å²) in [6.45, 7) is 18.6. The third-order valence-electron chi connectivity index (χ3n) is 21.0. The second-order valence-electron chi connectivity index (χ2n) is 29.6. The lowest BCUT2D eigenvalue weighted by Crippen LogP contribution is -1.95. The van der Waals surface area contributed by atoms with Gasteiger partial charge in [-0.15, -0.1) is 82.3 Å². The lowest BCUT2D eigenvalue weighted by atomic mass is 9.99. The summed E-state index contributed by atoms with van der Waals surface area (Å²) in [7, 11) is 0. The number of hydrogen-bond donors (Lipinski definition) is 2. The number of nitrogens with zero attached hydrogens (tertiary/aromatic N) is 6. The van der Waals surface area contributed by atoms with Crippen molar-refractivity contribution >= 4 is 174 Å². The highest BCUT2D eigenvalue weighted by Gasteiger charge is 2.34. The van der Waals surface area contributed by atoms with E-state index in [0.29, 0.717) is 23.3 Å². The van der Waals surface area contributed by atoms with Crippen molar-refractivity contribution in [1.82, 2.24) is 39.9 Å². The van der Waals surface area contributed by atoms with Gasteiger partial charge in [-0.1, -0.05) is 295 Å². The standard InChI is InChI=1S/C89H124N8S11/c1-10-18-24-30-36-42-48-99-69-54-63-64(55-70(69)100-49-43-37-31-25-19-11-2)81-90-80(63)91-82-65-56-71(101-50-44-38-32-26-20-12-3)73(103-52-46-40-34-28-22-14-5)58-67(65)84(93-82)95-86-76-61(16-7)78-79(108-89(107-78)88-105-60-75(98-9)106-88)62(17-8)77(76)87(97-86)96-85-68-59-74(104-53-47-41-35-29-23-15-6)72(57-66(68)83(92-81)94-85)102-51-45-39-33-27-21-13-4/h54-60H,10-53H2,1-9H3,(H2,90,91,92,93,94,95,96,97). The highest BCUT2D eigenvalue weighted by atomic mass is 32.2. The molecule has 108 heavy (non-hydrogen) atoms. The second kappa shape index (κ2) is 46.9. The van der Waals surface area contributed by atoms with Crippen molar-refractivity contribution in [3.63, 3.8) is 0 Å². The molecule has 0 fully saturated rings. The van der Waals surface area contributed by atoms with Crippen LogP contribution in [0.5, 0.6) is 0 Å². The Hall–Kier alpha value is -2.43. The summed E-state index contributed by atoms with van der Waals surface area (Å²) in [6, 6.07) is 14.8. The molecule has 0 spiro atoms. The van der Waals surface area contributed by atoms with Gasteiger partial charge >= 0.3 is 0 Å². The molecule has 4 aliphatic heterocycles. The number of H-pyrrole nitrogens is 2. The van der Waals surface area contributed by atoms with Crippen molar-refractivity contribution in [1.29, 1.82) is 0 Å². The molecule has 0 radical (unpaired) electrons. The van der Waals surface area contributed by atoms with E-state index in [-0.39, 0.29) is 0 Å². The van der Waals surface area contributed by atoms with Crippen molar-refractivity contribution in [2.45, 2.75) is 339 Å². The molecule has 4 aliphatic rings. The Kier molecular flexibility index (Phi) is 37.6. The molecule has 0 amide bonds. The molecule has 19 heteroatoms. The molecule has 3 aromatic heterocycles. The van der Waals surface area contributed by atoms with E-state index < -0.39 is 0 Å². The molecule has 7 aromatic rings. The summed E-state index contributed by atoms with van der Waals surface area (Å²) in [5.41, 5.74) is 9.96. The first-order chi connectivity index (χ1) is 53.2. The van der Waals surface area contributed by atoms with Crippen molar-refractivity contribution < 1.29 is 0 Å². The number of thioether (sulfide) groups is 11. The summed E-state index contributed by atoms with van der Waals surface area (Å²) >= 11 is 21.8. The van der Waals surface area contributed by atoms with Gasteiger partial charge < -0.3 is 9.97 Å². The van der Waals surface area contributed by atoms with Crippen molar-refractivity contribution in [3.8, 4) is 45.6 Å². The Bertz CT molecular complexity index is 4050. The van der Waals surface area contributed by atoms with Crippen LogP contribution in [0.2, 0.25) is 0 Å². The van der Waals surface area contributed by atoms with Gasteiger partial charge in [-0.25, -0.2) is 29.9 Å². The number of benzene rings is 4. The van der Waals surface area contributed by atoms with Crippen LogP contribution in [-0.2, 0) is 12.8 Å². The first-order valence-corrected chi connectivity index (χ1v) is 52.8. The smallest absolute Gasteiger partial charge is 0.164 e. The van der Waals surface area contributed by atoms with Crippen LogP contribution in [0.4, 0.5) is 0 Å². The quantitative estimate of drug-likeness (QED) is 0.0279. The molecule has 0 unspecified atom stereocenters. The van der Waals surface area contributed by atoms with Gasteiger partial charge in [-0.05, 0) is 145 Å². The Morgan fingerprint density at radius 3 is 0.843 bits per heavy atom. The minimum absolute atomic E-state index is 0.694. The average Bonchev–Trinajstić information content (AvgIpc) is 1.56. The first kappa shape index (κ1) is 86.4. The molecule has 0 aliphatic carbocycles. The molecule has 586 valence electrons. The van der Waals surface area contributed by atoms with E-state index in [4.69, 9.17) is 29.9 Å². The number of fused-ring (bicyclic) bond motifs is 21. The van der Waals surface area contributed by atoms with E-state index in [1.165, 1.54) is 294 Å². The maximum absolute atomic E-state index is 5.98. The molecule has 11 rings (SSSR count). The minimum atomic E-state index is 0.694. The predicted molar refractivity (Wildman–Crippen MR) is 495 cm³/mol. The number of rotatable bonds is 51. The number of nitrogens with one attached hydrogen (secondary N) is 2. The Labute approximate surface area is 697 Å². The lowest BCUT2D eigenvalue weighted by molar-refractivity contribution is 0.626. The normalized spacial score (nSPS) is 13.3. The lowest BCUT2D eigenvalue weighted by Gasteiger charge is -2.13. The summed E-state index contributed by atoms with van der Waals surface area (Å²) in [5.74, 6) is 9.29. The molecule has 0 saturated carbocycles. The largest absolute Gasteiger partial charge is 0.324 e. The Morgan fingerprint density at radius 2 is 0.565 bits per heavy atom. The second-order valence-corrected chi connectivity index (χ2v) is 42.0. The van der Waals surface area contributed by atoms with Crippen LogP contribution in [0, 0.1) is 0 Å². The van der Waals surface area contributed by atoms with Crippen molar-refractivity contribution in [2.24, 2.45) is 0 Å². The SMILES string of the molecule is CCCCCCCCSc1cc2c(cc1SCCCCCCCC)-c1nc-2nc2[nH]c(nc3nc(nc4[nH]c(n1)c1c(CC)c5c(c(CC)c41)SC(=C1SC=C(SC)S1)S5)-c1cc(SCCCCCCCC)c(SCCCCCCCC)cc1-3)c1cc(SCCCCCCCC)c(SCCCCCCCC)cc21. The molecule has 0 atom stereocenters. The van der Waals surface area contributed by atoms with E-state index in [1.54, 1.807) is 0 Å². The van der Waals surface area contributed by atoms with Crippen molar-refractivity contribution in [2.75, 3.05) is 40.8 Å². The third-order valence-corrected chi connectivity index (χ3v) is 35.1. The summed E-state index contributed by atoms with van der Waals surface area (Å²) in [5, 5.41) is 6.76. The van der Waals surface area contributed by atoms with Crippen LogP contribution in [0.1, 0.15) is 298 Å². The van der Waals surface area contributed by atoms with Gasteiger partial charge in [0.15, 0.2) is 23.3 Å². The zero-order valence-corrected chi connectivity index (χ0v) is 75.8. The fourth-order valence-corrected chi connectivity index (χ4v) is 28.2. The van der Waals surface area contributed by atoms with E-state index >= 15 is 0 Å². The fraction of sp³-hybridized carbons (Fsp3) is 0.596. The average molecular weight is 1660 g/mol. The van der Waals surface area contributed by atoms with E-state index in [9.17, 15) is 0 Å². The van der Waals surface area contributed by atoms with E-state index in [2.05, 4.69) is 113 Å². The molecular formula is C89H124N8S11. The first-order valence-electron chi connectivity index (χ1n) is 42.3. The van der Waals surface area contributed by atoms with Crippen LogP contribution < -0.4 is 0 Å². The molecule has 4 aromatic carbocycles. The number of aryl methyl sites for hydroxylation is 2. The van der Waals surface area contributed by atoms with Gasteiger partial charge in [0.25, 0.3) is 0 Å². The summed E-state index contributed by atoms with van der Waals surface area (Å²) in [6.07, 6.45) is 50.0. The van der Waals surface area contributed by atoms with Gasteiger partial charge in [-0.3, -0.25) is 0 Å². The minimum Gasteiger partial charge on any atom is -0.324 e. The monoisotopic (exact) mass is 1660 g/mol. The van der Waals surface area contributed by atoms with Gasteiger partial charge in [0.1, 0.15) is 22.6 Å². The van der Waals surface area contributed by atoms with Gasteiger partial charge in [-0.2, -0.15) is 0 Å². The van der Waals surface area contributed by atoms with E-state index in [0.717, 1.165) is 114 Å². The van der Waals surface area contributed by atoms with Gasteiger partial charge in [0.2, 0.25) is 0 Å². The number of hydrogen-bond acceptors (Lipinski definition) is 17. The Balaban J connectivity index is 1.18. The molecule has 8 bridgehead atoms. The van der Waals surface area contributed by atoms with Crippen LogP contribution in [0.3, 0.4) is 0 Å². The molecule has 8 nitrogen and oxygen atoms in total. The number of unbranched alkanes of at least 4 members (excludes halogenated alkanes) is 30. The predicted octanol–water partition coefficient (Wildman–Crippen LogP) is 32.7. The number of aromatic amines is 2. The highest BCUT2D eigenvalue weighted by molar-refractivity contribution is 8.37. The third kappa shape index (κ3) is 23.7. The topological polar surface area (TPSA) is 109 Å². The molecular weight excluding hydrogens is 1530 g/mol. The van der Waals surface area contributed by atoms with E-state index in [1.807, 2.05) is 129 Å². The molecule has 0 saturated heterocycles. The molecule has 2 N–H and O–H groups in total. The summed E-state index contributed by atoms with van der Waals surface area (Å²) < 4.78 is 4.11. The van der Waals surface area contributed by atoms with Crippen LogP contribution in [0.25, 0.3) is 89.7 Å². The Morgan fingerprint density at radius 1 is 0.296 bits per heavy atom. The van der Waals surface area contributed by atoms with Crippen LogP contribution >= 0.6 is 129 Å². The highest BCUT2D eigenvalue weighted by Crippen LogP contribution is 2.63. The van der Waals surface area contributed by atoms with Crippen molar-refractivity contribution in [3.05, 3.63) is 65.6 Å². The fourth-order valence-electron chi connectivity index (χ4n) is 14.8. The maximum Gasteiger partial charge on any atom is 0.164 e. The zero-order valence-electron chi connectivity index (χ0n) is 66.8. The summed E-state index contributed by atoms with van der Waals surface area (Å²) in [4.78, 5) is 54.1. The zero-order chi connectivity index (χ0) is 75.2. The van der Waals surface area contributed by atoms with Crippen LogP contribution in [0.15, 0.2) is 93.7 Å². The molecule has 7 heterocycles. The van der Waals surface area contributed by atoms with Gasteiger partial charge in [0, 0.05) is 83.0 Å². The maximum atomic E-state index is 5.98. The van der Waals surface area contributed by atoms with Gasteiger partial charge in [0.05, 0.1) is 12.7 Å². The van der Waals surface area contributed by atoms with Crippen LogP contribution in [-0.4, -0.2) is 80.6 Å². The number of aromatic nitrogens is 8.